The fraction of sp³-hybridized carbons (Fsp3) is 0.308. The molecule has 0 unspecified atom stereocenters. The van der Waals surface area contributed by atoms with Crippen molar-refractivity contribution >= 4 is 44.6 Å². The Morgan fingerprint density at radius 1 is 1.44 bits per heavy atom. The zero-order chi connectivity index (χ0) is 13.1. The number of nitrogens with one attached hydrogen (secondary N) is 1. The first-order valence-electron chi connectivity index (χ1n) is 5.70. The number of halogens is 2. The van der Waals surface area contributed by atoms with E-state index in [2.05, 4.69) is 52.2 Å². The van der Waals surface area contributed by atoms with Gasteiger partial charge in [0.15, 0.2) is 4.47 Å². The van der Waals surface area contributed by atoms with Gasteiger partial charge in [-0.25, -0.2) is 4.98 Å². The van der Waals surface area contributed by atoms with E-state index in [1.165, 1.54) is 16.9 Å². The lowest BCUT2D eigenvalue weighted by Gasteiger charge is -2.14. The topological polar surface area (TPSA) is 24.9 Å². The summed E-state index contributed by atoms with van der Waals surface area (Å²) in [6.07, 6.45) is 1.81. The number of nitrogens with zero attached hydrogens (tertiary/aromatic N) is 1. The van der Waals surface area contributed by atoms with Gasteiger partial charge >= 0.3 is 0 Å². The maximum atomic E-state index is 5.82. The molecule has 0 spiro atoms. The molecule has 5 heteroatoms. The van der Waals surface area contributed by atoms with Gasteiger partial charge < -0.3 is 5.32 Å². The van der Waals surface area contributed by atoms with Crippen molar-refractivity contribution < 1.29 is 0 Å². The summed E-state index contributed by atoms with van der Waals surface area (Å²) in [5, 5.41) is 3.44. The number of aromatic nitrogens is 1. The third-order valence-corrected chi connectivity index (χ3v) is 4.22. The predicted molar refractivity (Wildman–Crippen MR) is 82.7 cm³/mol. The second kappa shape index (κ2) is 6.04. The molecule has 1 aromatic carbocycles. The summed E-state index contributed by atoms with van der Waals surface area (Å²) in [5.74, 6) is 0.482. The minimum absolute atomic E-state index is 0.482. The van der Waals surface area contributed by atoms with Crippen LogP contribution in [-0.2, 0) is 6.54 Å². The average Bonchev–Trinajstić information content (AvgIpc) is 2.73. The largest absolute Gasteiger partial charge is 0.380 e. The number of hydrogen-bond acceptors (Lipinski definition) is 3. The smallest absolute Gasteiger partial charge is 0.183 e. The highest BCUT2D eigenvalue weighted by Crippen LogP contribution is 2.28. The fourth-order valence-electron chi connectivity index (χ4n) is 1.72. The van der Waals surface area contributed by atoms with Gasteiger partial charge in [0.2, 0.25) is 0 Å². The molecule has 1 aromatic heterocycles. The monoisotopic (exact) mass is 344 g/mol. The maximum absolute atomic E-state index is 5.82. The van der Waals surface area contributed by atoms with Gasteiger partial charge in [-0.2, -0.15) is 0 Å². The molecule has 1 N–H and O–H groups in total. The quantitative estimate of drug-likeness (QED) is 0.814. The number of hydrogen-bond donors (Lipinski definition) is 1. The van der Waals surface area contributed by atoms with Gasteiger partial charge in [0.05, 0.1) is 6.54 Å². The third-order valence-electron chi connectivity index (χ3n) is 2.61. The highest BCUT2D eigenvalue weighted by molar-refractivity contribution is 9.10. The number of thiazole rings is 1. The van der Waals surface area contributed by atoms with E-state index in [1.807, 2.05) is 12.3 Å². The Balaban J connectivity index is 2.13. The third kappa shape index (κ3) is 3.46. The van der Waals surface area contributed by atoms with E-state index in [-0.39, 0.29) is 0 Å². The van der Waals surface area contributed by atoms with Gasteiger partial charge in [-0.3, -0.25) is 0 Å². The lowest BCUT2D eigenvalue weighted by molar-refractivity contribution is 0.864. The van der Waals surface area contributed by atoms with Crippen LogP contribution in [0.3, 0.4) is 0 Å². The van der Waals surface area contributed by atoms with Crippen molar-refractivity contribution in [3.05, 3.63) is 43.8 Å². The fourth-order valence-corrected chi connectivity index (χ4v) is 3.02. The Morgan fingerprint density at radius 3 is 2.83 bits per heavy atom. The van der Waals surface area contributed by atoms with E-state index >= 15 is 0 Å². The van der Waals surface area contributed by atoms with Gasteiger partial charge in [-0.15, -0.1) is 11.3 Å². The molecule has 2 nitrogen and oxygen atoms in total. The number of rotatable bonds is 4. The van der Waals surface area contributed by atoms with Crippen molar-refractivity contribution in [2.75, 3.05) is 5.32 Å². The SMILES string of the molecule is CC(C)c1cc(Br)ccc1NCc1cnc(Cl)s1. The summed E-state index contributed by atoms with van der Waals surface area (Å²) in [5.41, 5.74) is 2.47. The standard InChI is InChI=1S/C13H14BrClN2S/c1-8(2)11-5-9(14)3-4-12(11)16-6-10-7-17-13(15)18-10/h3-5,7-8,16H,6H2,1-2H3. The van der Waals surface area contributed by atoms with Crippen LogP contribution in [-0.4, -0.2) is 4.98 Å². The molecule has 0 aliphatic rings. The lowest BCUT2D eigenvalue weighted by atomic mass is 10.0. The summed E-state index contributed by atoms with van der Waals surface area (Å²) in [6, 6.07) is 6.31. The second-order valence-corrected chi connectivity index (χ2v) is 6.93. The average molecular weight is 346 g/mol. The molecule has 0 saturated heterocycles. The van der Waals surface area contributed by atoms with Gasteiger partial charge in [-0.1, -0.05) is 41.4 Å². The van der Waals surface area contributed by atoms with Crippen molar-refractivity contribution in [2.45, 2.75) is 26.3 Å². The molecule has 96 valence electrons. The molecule has 0 saturated carbocycles. The summed E-state index contributed by atoms with van der Waals surface area (Å²) in [7, 11) is 0. The van der Waals surface area contributed by atoms with Gasteiger partial charge in [0.25, 0.3) is 0 Å². The molecule has 2 rings (SSSR count). The summed E-state index contributed by atoms with van der Waals surface area (Å²) in [4.78, 5) is 5.17. The predicted octanol–water partition coefficient (Wildman–Crippen LogP) is 5.29. The molecule has 0 bridgehead atoms. The lowest BCUT2D eigenvalue weighted by Crippen LogP contribution is -2.02. The molecule has 0 atom stereocenters. The Morgan fingerprint density at radius 2 is 2.22 bits per heavy atom. The molecular weight excluding hydrogens is 332 g/mol. The van der Waals surface area contributed by atoms with Gasteiger partial charge in [-0.05, 0) is 29.7 Å². The highest BCUT2D eigenvalue weighted by atomic mass is 79.9. The number of benzene rings is 1. The zero-order valence-electron chi connectivity index (χ0n) is 10.2. The van der Waals surface area contributed by atoms with Gasteiger partial charge in [0, 0.05) is 21.2 Å². The van der Waals surface area contributed by atoms with Gasteiger partial charge in [0.1, 0.15) is 0 Å². The molecular formula is C13H14BrClN2S. The van der Waals surface area contributed by atoms with Crippen LogP contribution in [0.4, 0.5) is 5.69 Å². The van der Waals surface area contributed by atoms with Crippen LogP contribution in [0, 0.1) is 0 Å². The summed E-state index contributed by atoms with van der Waals surface area (Å²) in [6.45, 7) is 5.14. The minimum Gasteiger partial charge on any atom is -0.380 e. The van der Waals surface area contributed by atoms with Crippen LogP contribution in [0.2, 0.25) is 4.47 Å². The Hall–Kier alpha value is -0.580. The van der Waals surface area contributed by atoms with E-state index in [0.29, 0.717) is 10.4 Å². The van der Waals surface area contributed by atoms with Crippen LogP contribution in [0.15, 0.2) is 28.9 Å². The van der Waals surface area contributed by atoms with Crippen molar-refractivity contribution in [3.63, 3.8) is 0 Å². The normalized spacial score (nSPS) is 10.9. The van der Waals surface area contributed by atoms with Crippen LogP contribution in [0.25, 0.3) is 0 Å². The van der Waals surface area contributed by atoms with Crippen molar-refractivity contribution in [1.29, 1.82) is 0 Å². The van der Waals surface area contributed by atoms with Crippen LogP contribution < -0.4 is 5.32 Å². The van der Waals surface area contributed by atoms with E-state index in [1.54, 1.807) is 0 Å². The number of anilines is 1. The summed E-state index contributed by atoms with van der Waals surface area (Å²) >= 11 is 10.8. The first-order chi connectivity index (χ1) is 8.56. The van der Waals surface area contributed by atoms with E-state index in [4.69, 9.17) is 11.6 Å². The summed E-state index contributed by atoms with van der Waals surface area (Å²) < 4.78 is 1.70. The second-order valence-electron chi connectivity index (χ2n) is 4.32. The van der Waals surface area contributed by atoms with Crippen LogP contribution in [0.5, 0.6) is 0 Å². The van der Waals surface area contributed by atoms with E-state index < -0.39 is 0 Å². The van der Waals surface area contributed by atoms with E-state index in [0.717, 1.165) is 21.6 Å². The molecule has 0 aliphatic carbocycles. The first-order valence-corrected chi connectivity index (χ1v) is 7.68. The molecule has 0 amide bonds. The molecule has 0 aliphatic heterocycles. The van der Waals surface area contributed by atoms with Crippen LogP contribution in [0.1, 0.15) is 30.2 Å². The van der Waals surface area contributed by atoms with Crippen molar-refractivity contribution in [3.8, 4) is 0 Å². The Kier molecular flexibility index (Phi) is 4.65. The zero-order valence-corrected chi connectivity index (χ0v) is 13.4. The first kappa shape index (κ1) is 13.8. The molecule has 0 radical (unpaired) electrons. The molecule has 18 heavy (non-hydrogen) atoms. The maximum Gasteiger partial charge on any atom is 0.183 e. The highest BCUT2D eigenvalue weighted by Gasteiger charge is 2.08. The minimum atomic E-state index is 0.482. The van der Waals surface area contributed by atoms with Crippen molar-refractivity contribution in [2.24, 2.45) is 0 Å². The molecule has 2 aromatic rings. The van der Waals surface area contributed by atoms with E-state index in [9.17, 15) is 0 Å². The Labute approximate surface area is 125 Å². The molecule has 1 heterocycles. The molecule has 0 fully saturated rings. The Bertz CT molecular complexity index is 540. The van der Waals surface area contributed by atoms with Crippen LogP contribution >= 0.6 is 38.9 Å². The van der Waals surface area contributed by atoms with Crippen molar-refractivity contribution in [1.82, 2.24) is 4.98 Å².